The molecule has 2 heterocycles. The molecular weight excluding hydrogens is 380 g/mol. The zero-order valence-electron chi connectivity index (χ0n) is 17.6. The van der Waals surface area contributed by atoms with Crippen LogP contribution in [0.2, 0.25) is 0 Å². The monoisotopic (exact) mass is 410 g/mol. The van der Waals surface area contributed by atoms with Gasteiger partial charge in [0.05, 0.1) is 6.04 Å². The summed E-state index contributed by atoms with van der Waals surface area (Å²) in [6.07, 6.45) is 3.69. The Morgan fingerprint density at radius 3 is 2.59 bits per heavy atom. The van der Waals surface area contributed by atoms with Gasteiger partial charge in [0.1, 0.15) is 6.54 Å². The predicted molar refractivity (Wildman–Crippen MR) is 117 cm³/mol. The molecule has 2 unspecified atom stereocenters. The first-order chi connectivity index (χ1) is 14.0. The van der Waals surface area contributed by atoms with Crippen LogP contribution in [-0.2, 0) is 16.0 Å². The zero-order chi connectivity index (χ0) is 20.5. The highest BCUT2D eigenvalue weighted by molar-refractivity contribution is 7.10. The molecule has 1 aromatic heterocycles. The fraction of sp³-hybridized carbons (Fsp3) is 0.500. The lowest BCUT2D eigenvalue weighted by atomic mass is 9.92. The molecule has 0 radical (unpaired) electrons. The summed E-state index contributed by atoms with van der Waals surface area (Å²) in [5.74, 6) is 0.351. The number of fused-ring (bicyclic) bond motifs is 1. The van der Waals surface area contributed by atoms with Crippen LogP contribution in [0, 0.1) is 12.8 Å². The van der Waals surface area contributed by atoms with Crippen LogP contribution in [0.25, 0.3) is 0 Å². The van der Waals surface area contributed by atoms with Crippen molar-refractivity contribution in [3.05, 3.63) is 57.3 Å². The second kappa shape index (κ2) is 8.31. The molecule has 4 nitrogen and oxygen atoms in total. The first-order valence-electron chi connectivity index (χ1n) is 10.7. The molecule has 5 heteroatoms. The Morgan fingerprint density at radius 2 is 1.93 bits per heavy atom. The van der Waals surface area contributed by atoms with Crippen molar-refractivity contribution in [3.8, 4) is 0 Å². The van der Waals surface area contributed by atoms with Crippen molar-refractivity contribution in [3.63, 3.8) is 0 Å². The number of carbonyl (C=O) groups is 2. The summed E-state index contributed by atoms with van der Waals surface area (Å²) in [5.41, 5.74) is 3.60. The van der Waals surface area contributed by atoms with Gasteiger partial charge in [-0.1, -0.05) is 36.8 Å². The Hall–Kier alpha value is -2.14. The largest absolute Gasteiger partial charge is 0.330 e. The van der Waals surface area contributed by atoms with E-state index in [-0.39, 0.29) is 36.4 Å². The van der Waals surface area contributed by atoms with E-state index >= 15 is 0 Å². The summed E-state index contributed by atoms with van der Waals surface area (Å²) in [5, 5.41) is 2.13. The molecule has 1 saturated carbocycles. The standard InChI is InChI=1S/C24H30N2O2S/c1-4-17(3)26(24(28)19-9-10-19)15-22(27)25-13-11-21-20(12-14-29-21)23(25)18-7-5-16(2)6-8-18/h5-8,12,14,17,19,23H,4,9-11,13,15H2,1-3H3. The number of hydrogen-bond acceptors (Lipinski definition) is 3. The molecule has 2 aromatic rings. The molecule has 0 saturated heterocycles. The lowest BCUT2D eigenvalue weighted by molar-refractivity contribution is -0.144. The maximum atomic E-state index is 13.5. The molecule has 0 N–H and O–H groups in total. The Kier molecular flexibility index (Phi) is 5.77. The van der Waals surface area contributed by atoms with Crippen molar-refractivity contribution < 1.29 is 9.59 Å². The minimum atomic E-state index is -0.0621. The zero-order valence-corrected chi connectivity index (χ0v) is 18.4. The number of rotatable bonds is 6. The summed E-state index contributed by atoms with van der Waals surface area (Å²) in [4.78, 5) is 31.5. The van der Waals surface area contributed by atoms with Gasteiger partial charge in [-0.15, -0.1) is 11.3 Å². The Balaban J connectivity index is 1.61. The van der Waals surface area contributed by atoms with E-state index in [0.29, 0.717) is 6.54 Å². The summed E-state index contributed by atoms with van der Waals surface area (Å²) in [6, 6.07) is 10.7. The van der Waals surface area contributed by atoms with Gasteiger partial charge >= 0.3 is 0 Å². The lowest BCUT2D eigenvalue weighted by Crippen LogP contribution is -2.49. The second-order valence-corrected chi connectivity index (χ2v) is 9.45. The third-order valence-corrected chi connectivity index (χ3v) is 7.31. The fourth-order valence-corrected chi connectivity index (χ4v) is 5.07. The van der Waals surface area contributed by atoms with E-state index in [1.54, 1.807) is 11.3 Å². The lowest BCUT2D eigenvalue weighted by Gasteiger charge is -2.38. The van der Waals surface area contributed by atoms with E-state index in [9.17, 15) is 9.59 Å². The van der Waals surface area contributed by atoms with Crippen LogP contribution in [-0.4, -0.2) is 40.7 Å². The van der Waals surface area contributed by atoms with Crippen LogP contribution in [0.4, 0.5) is 0 Å². The third-order valence-electron chi connectivity index (χ3n) is 6.32. The average Bonchev–Trinajstić information content (AvgIpc) is 3.47. The van der Waals surface area contributed by atoms with Gasteiger partial charge in [0.15, 0.2) is 0 Å². The number of nitrogens with zero attached hydrogens (tertiary/aromatic N) is 2. The molecule has 1 aliphatic carbocycles. The SMILES string of the molecule is CCC(C)N(CC(=O)N1CCc2sccc2C1c1ccc(C)cc1)C(=O)C1CC1. The topological polar surface area (TPSA) is 40.6 Å². The molecule has 154 valence electrons. The molecular formula is C24H30N2O2S. The molecule has 2 amide bonds. The second-order valence-electron chi connectivity index (χ2n) is 8.45. The van der Waals surface area contributed by atoms with Crippen LogP contribution in [0.15, 0.2) is 35.7 Å². The highest BCUT2D eigenvalue weighted by atomic mass is 32.1. The van der Waals surface area contributed by atoms with E-state index < -0.39 is 0 Å². The summed E-state index contributed by atoms with van der Waals surface area (Å²) < 4.78 is 0. The Labute approximate surface area is 177 Å². The third kappa shape index (κ3) is 4.11. The minimum absolute atomic E-state index is 0.0572. The number of amides is 2. The molecule has 1 fully saturated rings. The van der Waals surface area contributed by atoms with Crippen molar-refractivity contribution in [2.45, 2.75) is 58.5 Å². The van der Waals surface area contributed by atoms with Crippen molar-refractivity contribution in [1.29, 1.82) is 0 Å². The smallest absolute Gasteiger partial charge is 0.243 e. The Bertz CT molecular complexity index is 885. The van der Waals surface area contributed by atoms with Gasteiger partial charge in [-0.05, 0) is 62.1 Å². The van der Waals surface area contributed by atoms with Gasteiger partial charge < -0.3 is 9.80 Å². The van der Waals surface area contributed by atoms with E-state index in [2.05, 4.69) is 56.5 Å². The van der Waals surface area contributed by atoms with E-state index in [1.165, 1.54) is 16.0 Å². The molecule has 2 atom stereocenters. The number of hydrogen-bond donors (Lipinski definition) is 0. The van der Waals surface area contributed by atoms with E-state index in [0.717, 1.165) is 31.2 Å². The van der Waals surface area contributed by atoms with Gasteiger partial charge in [0, 0.05) is 23.4 Å². The van der Waals surface area contributed by atoms with Gasteiger partial charge in [0.2, 0.25) is 11.8 Å². The first-order valence-corrected chi connectivity index (χ1v) is 11.6. The van der Waals surface area contributed by atoms with Crippen LogP contribution in [0.5, 0.6) is 0 Å². The highest BCUT2D eigenvalue weighted by Gasteiger charge is 2.38. The van der Waals surface area contributed by atoms with Crippen molar-refractivity contribution >= 4 is 23.2 Å². The number of aryl methyl sites for hydroxylation is 1. The molecule has 1 aromatic carbocycles. The summed E-state index contributed by atoms with van der Waals surface area (Å²) in [7, 11) is 0. The summed E-state index contributed by atoms with van der Waals surface area (Å²) in [6.45, 7) is 7.11. The molecule has 2 aliphatic rings. The van der Waals surface area contributed by atoms with Gasteiger partial charge in [-0.25, -0.2) is 0 Å². The fourth-order valence-electron chi connectivity index (χ4n) is 4.17. The van der Waals surface area contributed by atoms with Crippen LogP contribution < -0.4 is 0 Å². The van der Waals surface area contributed by atoms with Crippen molar-refractivity contribution in [2.75, 3.05) is 13.1 Å². The van der Waals surface area contributed by atoms with E-state index in [1.807, 2.05) is 9.80 Å². The van der Waals surface area contributed by atoms with Crippen molar-refractivity contribution in [1.82, 2.24) is 9.80 Å². The van der Waals surface area contributed by atoms with Gasteiger partial charge in [-0.3, -0.25) is 9.59 Å². The molecule has 0 spiro atoms. The maximum absolute atomic E-state index is 13.5. The predicted octanol–water partition coefficient (Wildman–Crippen LogP) is 4.57. The molecule has 1 aliphatic heterocycles. The van der Waals surface area contributed by atoms with Crippen molar-refractivity contribution in [2.24, 2.45) is 5.92 Å². The normalized spacial score (nSPS) is 19.6. The van der Waals surface area contributed by atoms with E-state index in [4.69, 9.17) is 0 Å². The highest BCUT2D eigenvalue weighted by Crippen LogP contribution is 2.38. The minimum Gasteiger partial charge on any atom is -0.330 e. The number of thiophene rings is 1. The van der Waals surface area contributed by atoms with Crippen LogP contribution >= 0.6 is 11.3 Å². The van der Waals surface area contributed by atoms with Gasteiger partial charge in [0.25, 0.3) is 0 Å². The molecule has 4 rings (SSSR count). The summed E-state index contributed by atoms with van der Waals surface area (Å²) >= 11 is 1.78. The Morgan fingerprint density at radius 1 is 1.21 bits per heavy atom. The van der Waals surface area contributed by atoms with Crippen LogP contribution in [0.1, 0.15) is 60.7 Å². The number of carbonyl (C=O) groups excluding carboxylic acids is 2. The average molecular weight is 411 g/mol. The van der Waals surface area contributed by atoms with Gasteiger partial charge in [-0.2, -0.15) is 0 Å². The quantitative estimate of drug-likeness (QED) is 0.700. The van der Waals surface area contributed by atoms with Crippen LogP contribution in [0.3, 0.4) is 0 Å². The molecule has 0 bridgehead atoms. The number of benzene rings is 1. The molecule has 29 heavy (non-hydrogen) atoms. The first kappa shape index (κ1) is 20.1. The maximum Gasteiger partial charge on any atom is 0.243 e.